The first-order valence-electron chi connectivity index (χ1n) is 6.20. The summed E-state index contributed by atoms with van der Waals surface area (Å²) in [6.07, 6.45) is 5.89. The maximum absolute atomic E-state index is 13.8. The van der Waals surface area contributed by atoms with Crippen LogP contribution in [0.1, 0.15) is 50.2 Å². The average Bonchev–Trinajstić information content (AvgIpc) is 2.36. The SMILES string of the molecule is C.C=CC1CCC(c2ccc(C)c(F)c2F)CC1. The molecule has 1 fully saturated rings. The fraction of sp³-hybridized carbons (Fsp3) is 0.500. The Balaban J connectivity index is 0.00000162. The predicted octanol–water partition coefficient (Wildman–Crippen LogP) is 5.37. The maximum atomic E-state index is 13.8. The second-order valence-corrected chi connectivity index (χ2v) is 4.95. The van der Waals surface area contributed by atoms with Crippen molar-refractivity contribution in [1.82, 2.24) is 0 Å². The Morgan fingerprint density at radius 3 is 2.28 bits per heavy atom. The van der Waals surface area contributed by atoms with E-state index >= 15 is 0 Å². The largest absolute Gasteiger partial charge is 0.203 e. The van der Waals surface area contributed by atoms with Gasteiger partial charge in [0, 0.05) is 0 Å². The Morgan fingerprint density at radius 2 is 1.72 bits per heavy atom. The van der Waals surface area contributed by atoms with Crippen molar-refractivity contribution >= 4 is 0 Å². The molecule has 100 valence electrons. The molecule has 0 bridgehead atoms. The molecule has 0 unspecified atom stereocenters. The molecule has 1 aliphatic rings. The number of hydrogen-bond donors (Lipinski definition) is 0. The molecule has 0 spiro atoms. The molecule has 0 aliphatic heterocycles. The summed E-state index contributed by atoms with van der Waals surface area (Å²) >= 11 is 0. The van der Waals surface area contributed by atoms with Crippen molar-refractivity contribution in [2.45, 2.75) is 46.0 Å². The van der Waals surface area contributed by atoms with Crippen molar-refractivity contribution in [2.24, 2.45) is 5.92 Å². The number of halogens is 2. The minimum Gasteiger partial charge on any atom is -0.203 e. The molecule has 18 heavy (non-hydrogen) atoms. The van der Waals surface area contributed by atoms with E-state index in [9.17, 15) is 8.78 Å². The van der Waals surface area contributed by atoms with E-state index in [1.54, 1.807) is 19.1 Å². The topological polar surface area (TPSA) is 0 Å². The molecule has 0 nitrogen and oxygen atoms in total. The van der Waals surface area contributed by atoms with Gasteiger partial charge in [0.25, 0.3) is 0 Å². The molecule has 1 aromatic rings. The standard InChI is InChI=1S/C15H18F2.CH4/c1-3-11-5-7-12(8-6-11)13-9-4-10(2)14(16)15(13)17;/h3-4,9,11-12H,1,5-8H2,2H3;1H4. The highest BCUT2D eigenvalue weighted by molar-refractivity contribution is 5.28. The van der Waals surface area contributed by atoms with E-state index in [1.165, 1.54) is 0 Å². The van der Waals surface area contributed by atoms with Crippen molar-refractivity contribution in [1.29, 1.82) is 0 Å². The molecule has 0 radical (unpaired) electrons. The van der Waals surface area contributed by atoms with Gasteiger partial charge >= 0.3 is 0 Å². The summed E-state index contributed by atoms with van der Waals surface area (Å²) in [6.45, 7) is 5.39. The third-order valence-electron chi connectivity index (χ3n) is 3.85. The first-order chi connectivity index (χ1) is 8.13. The van der Waals surface area contributed by atoms with Gasteiger partial charge in [-0.3, -0.25) is 0 Å². The van der Waals surface area contributed by atoms with Crippen LogP contribution in [0.2, 0.25) is 0 Å². The number of aryl methyl sites for hydroxylation is 1. The van der Waals surface area contributed by atoms with Crippen LogP contribution < -0.4 is 0 Å². The van der Waals surface area contributed by atoms with Crippen molar-refractivity contribution in [2.75, 3.05) is 0 Å². The van der Waals surface area contributed by atoms with Gasteiger partial charge in [0.2, 0.25) is 0 Å². The van der Waals surface area contributed by atoms with E-state index < -0.39 is 11.6 Å². The Morgan fingerprint density at radius 1 is 1.11 bits per heavy atom. The normalized spacial score (nSPS) is 23.3. The van der Waals surface area contributed by atoms with Crippen LogP contribution in [-0.2, 0) is 0 Å². The van der Waals surface area contributed by atoms with E-state index in [0.29, 0.717) is 17.0 Å². The van der Waals surface area contributed by atoms with Gasteiger partial charge in [-0.05, 0) is 55.6 Å². The van der Waals surface area contributed by atoms with Crippen molar-refractivity contribution in [3.05, 3.63) is 47.5 Å². The molecule has 0 aromatic heterocycles. The third-order valence-corrected chi connectivity index (χ3v) is 3.85. The molecule has 1 saturated carbocycles. The molecule has 0 saturated heterocycles. The van der Waals surface area contributed by atoms with Gasteiger partial charge in [-0.15, -0.1) is 6.58 Å². The smallest absolute Gasteiger partial charge is 0.162 e. The fourth-order valence-corrected chi connectivity index (χ4v) is 2.64. The van der Waals surface area contributed by atoms with Gasteiger partial charge < -0.3 is 0 Å². The Hall–Kier alpha value is -1.18. The van der Waals surface area contributed by atoms with E-state index in [2.05, 4.69) is 6.58 Å². The van der Waals surface area contributed by atoms with Crippen LogP contribution in [0.4, 0.5) is 8.78 Å². The maximum Gasteiger partial charge on any atom is 0.162 e. The Kier molecular flexibility index (Phi) is 5.06. The van der Waals surface area contributed by atoms with E-state index in [-0.39, 0.29) is 13.3 Å². The number of hydrogen-bond acceptors (Lipinski definition) is 0. The molecule has 0 amide bonds. The lowest BCUT2D eigenvalue weighted by atomic mass is 9.78. The first kappa shape index (κ1) is 14.9. The van der Waals surface area contributed by atoms with Gasteiger partial charge in [-0.25, -0.2) is 8.78 Å². The quantitative estimate of drug-likeness (QED) is 0.621. The second kappa shape index (κ2) is 6.12. The number of rotatable bonds is 2. The lowest BCUT2D eigenvalue weighted by Gasteiger charge is -2.27. The van der Waals surface area contributed by atoms with Gasteiger partial charge in [0.05, 0.1) is 0 Å². The first-order valence-corrected chi connectivity index (χ1v) is 6.20. The number of benzene rings is 1. The summed E-state index contributed by atoms with van der Waals surface area (Å²) in [5.41, 5.74) is 0.932. The molecule has 0 heterocycles. The lowest BCUT2D eigenvalue weighted by Crippen LogP contribution is -2.13. The van der Waals surface area contributed by atoms with Crippen LogP contribution in [0.3, 0.4) is 0 Å². The molecule has 1 aromatic carbocycles. The highest BCUT2D eigenvalue weighted by Gasteiger charge is 2.24. The monoisotopic (exact) mass is 252 g/mol. The van der Waals surface area contributed by atoms with Crippen LogP contribution in [0.5, 0.6) is 0 Å². The predicted molar refractivity (Wildman–Crippen MR) is 72.7 cm³/mol. The summed E-state index contributed by atoms with van der Waals surface area (Å²) in [5, 5.41) is 0. The van der Waals surface area contributed by atoms with Crippen molar-refractivity contribution in [3.63, 3.8) is 0 Å². The van der Waals surface area contributed by atoms with Gasteiger partial charge in [-0.2, -0.15) is 0 Å². The molecule has 2 rings (SSSR count). The second-order valence-electron chi connectivity index (χ2n) is 4.95. The van der Waals surface area contributed by atoms with Gasteiger partial charge in [0.1, 0.15) is 0 Å². The van der Waals surface area contributed by atoms with E-state index in [0.717, 1.165) is 25.7 Å². The summed E-state index contributed by atoms with van der Waals surface area (Å²) in [4.78, 5) is 0. The Bertz CT molecular complexity index is 415. The van der Waals surface area contributed by atoms with Gasteiger partial charge in [-0.1, -0.05) is 25.6 Å². The van der Waals surface area contributed by atoms with Crippen molar-refractivity contribution in [3.8, 4) is 0 Å². The number of allylic oxidation sites excluding steroid dienone is 1. The molecular weight excluding hydrogens is 230 g/mol. The molecule has 1 aliphatic carbocycles. The third kappa shape index (κ3) is 2.80. The minimum absolute atomic E-state index is 0. The minimum atomic E-state index is -0.687. The van der Waals surface area contributed by atoms with Crippen LogP contribution in [-0.4, -0.2) is 0 Å². The fourth-order valence-electron chi connectivity index (χ4n) is 2.64. The zero-order chi connectivity index (χ0) is 12.4. The zero-order valence-electron chi connectivity index (χ0n) is 10.2. The van der Waals surface area contributed by atoms with Crippen LogP contribution in [0.15, 0.2) is 24.8 Å². The van der Waals surface area contributed by atoms with Gasteiger partial charge in [0.15, 0.2) is 11.6 Å². The summed E-state index contributed by atoms with van der Waals surface area (Å²) in [6, 6.07) is 3.42. The highest BCUT2D eigenvalue weighted by atomic mass is 19.2. The zero-order valence-corrected chi connectivity index (χ0v) is 10.2. The highest BCUT2D eigenvalue weighted by Crippen LogP contribution is 2.37. The van der Waals surface area contributed by atoms with E-state index in [1.807, 2.05) is 6.08 Å². The summed E-state index contributed by atoms with van der Waals surface area (Å²) in [5.74, 6) is -0.619. The average molecular weight is 252 g/mol. The lowest BCUT2D eigenvalue weighted by molar-refractivity contribution is 0.364. The van der Waals surface area contributed by atoms with E-state index in [4.69, 9.17) is 0 Å². The molecular formula is C16H22F2. The van der Waals surface area contributed by atoms with Crippen LogP contribution in [0, 0.1) is 24.5 Å². The molecule has 0 atom stereocenters. The van der Waals surface area contributed by atoms with Crippen LogP contribution >= 0.6 is 0 Å². The van der Waals surface area contributed by atoms with Crippen molar-refractivity contribution < 1.29 is 8.78 Å². The molecule has 2 heteroatoms. The summed E-state index contributed by atoms with van der Waals surface area (Å²) in [7, 11) is 0. The van der Waals surface area contributed by atoms with Crippen LogP contribution in [0.25, 0.3) is 0 Å². The Labute approximate surface area is 109 Å². The summed E-state index contributed by atoms with van der Waals surface area (Å²) < 4.78 is 27.3. The molecule has 0 N–H and O–H groups in total.